The highest BCUT2D eigenvalue weighted by molar-refractivity contribution is 14.0. The summed E-state index contributed by atoms with van der Waals surface area (Å²) in [6.45, 7) is 6.52. The molecule has 2 fully saturated rings. The summed E-state index contributed by atoms with van der Waals surface area (Å²) in [4.78, 5) is 8.89. The molecule has 1 N–H and O–H groups in total. The van der Waals surface area contributed by atoms with E-state index in [1.54, 1.807) is 7.11 Å². The first kappa shape index (κ1) is 19.9. The molecule has 22 heavy (non-hydrogen) atoms. The van der Waals surface area contributed by atoms with Crippen LogP contribution in [0.15, 0.2) is 4.99 Å². The number of halogens is 1. The fourth-order valence-corrected chi connectivity index (χ4v) is 2.73. The monoisotopic (exact) mass is 428 g/mol. The van der Waals surface area contributed by atoms with E-state index in [2.05, 4.69) is 27.2 Å². The molecule has 2 rings (SSSR count). The lowest BCUT2D eigenvalue weighted by molar-refractivity contribution is -0.0454. The molecule has 0 spiro atoms. The summed E-state index contributed by atoms with van der Waals surface area (Å²) < 4.78 is 16.6. The lowest BCUT2D eigenvalue weighted by Crippen LogP contribution is -2.54. The van der Waals surface area contributed by atoms with Gasteiger partial charge in [0.05, 0.1) is 32.0 Å². The van der Waals surface area contributed by atoms with Crippen molar-refractivity contribution < 1.29 is 14.2 Å². The van der Waals surface area contributed by atoms with Crippen LogP contribution in [-0.2, 0) is 14.2 Å². The van der Waals surface area contributed by atoms with Crippen LogP contribution < -0.4 is 5.32 Å². The predicted molar refractivity (Wildman–Crippen MR) is 97.2 cm³/mol. The maximum absolute atomic E-state index is 5.77. The molecule has 2 unspecified atom stereocenters. The lowest BCUT2D eigenvalue weighted by Gasteiger charge is -2.36. The van der Waals surface area contributed by atoms with Crippen molar-refractivity contribution in [3.63, 3.8) is 0 Å². The average molecular weight is 428 g/mol. The lowest BCUT2D eigenvalue weighted by atomic mass is 10.2. The highest BCUT2D eigenvalue weighted by atomic mass is 127. The number of hydrogen-bond acceptors (Lipinski definition) is 5. The molecule has 2 atom stereocenters. The molecule has 2 aliphatic heterocycles. The highest BCUT2D eigenvalue weighted by Crippen LogP contribution is 2.07. The Morgan fingerprint density at radius 3 is 2.64 bits per heavy atom. The van der Waals surface area contributed by atoms with E-state index in [1.807, 2.05) is 7.05 Å². The van der Waals surface area contributed by atoms with Crippen LogP contribution in [-0.4, -0.2) is 102 Å². The molecule has 8 heteroatoms. The van der Waals surface area contributed by atoms with Crippen molar-refractivity contribution in [2.75, 3.05) is 73.7 Å². The maximum Gasteiger partial charge on any atom is 0.193 e. The summed E-state index contributed by atoms with van der Waals surface area (Å²) in [6, 6.07) is 0. The fourth-order valence-electron chi connectivity index (χ4n) is 2.73. The predicted octanol–water partition coefficient (Wildman–Crippen LogP) is -0.142. The number of morpholine rings is 2. The van der Waals surface area contributed by atoms with E-state index >= 15 is 0 Å². The van der Waals surface area contributed by atoms with Gasteiger partial charge in [-0.1, -0.05) is 0 Å². The molecule has 0 radical (unpaired) electrons. The summed E-state index contributed by atoms with van der Waals surface area (Å²) in [7, 11) is 5.64. The van der Waals surface area contributed by atoms with Crippen LogP contribution in [0.2, 0.25) is 0 Å². The molecule has 130 valence electrons. The standard InChI is InChI=1S/C14H28N4O3.HI/c1-15-14(16-8-12-9-17(2)4-6-20-12)18-5-7-21-13(10-18)11-19-3;/h12-13H,4-11H2,1-3H3,(H,15,16);1H. The van der Waals surface area contributed by atoms with E-state index in [0.29, 0.717) is 13.2 Å². The van der Waals surface area contributed by atoms with Crippen molar-refractivity contribution in [2.24, 2.45) is 4.99 Å². The van der Waals surface area contributed by atoms with Crippen LogP contribution in [0.5, 0.6) is 0 Å². The topological polar surface area (TPSA) is 58.6 Å². The Balaban J connectivity index is 0.00000242. The quantitative estimate of drug-likeness (QED) is 0.382. The van der Waals surface area contributed by atoms with E-state index in [1.165, 1.54) is 0 Å². The van der Waals surface area contributed by atoms with Crippen LogP contribution in [0.3, 0.4) is 0 Å². The number of ether oxygens (including phenoxy) is 3. The fraction of sp³-hybridized carbons (Fsp3) is 0.929. The number of aliphatic imine (C=N–C) groups is 1. The Kier molecular flexibility index (Phi) is 9.57. The summed E-state index contributed by atoms with van der Waals surface area (Å²) in [5.74, 6) is 0.913. The molecule has 0 bridgehead atoms. The maximum atomic E-state index is 5.77. The molecule has 2 aliphatic rings. The van der Waals surface area contributed by atoms with Crippen molar-refractivity contribution >= 4 is 29.9 Å². The number of likely N-dealkylation sites (N-methyl/N-ethyl adjacent to an activating group) is 1. The number of nitrogens with zero attached hydrogens (tertiary/aromatic N) is 3. The van der Waals surface area contributed by atoms with Gasteiger partial charge in [0, 0.05) is 46.9 Å². The second-order valence-electron chi connectivity index (χ2n) is 5.58. The molecule has 0 aromatic carbocycles. The molecule has 0 aromatic heterocycles. The van der Waals surface area contributed by atoms with Crippen LogP contribution in [0.4, 0.5) is 0 Å². The van der Waals surface area contributed by atoms with Gasteiger partial charge in [0.1, 0.15) is 0 Å². The van der Waals surface area contributed by atoms with Gasteiger partial charge in [-0.05, 0) is 7.05 Å². The zero-order valence-corrected chi connectivity index (χ0v) is 16.1. The van der Waals surface area contributed by atoms with Gasteiger partial charge in [-0.3, -0.25) is 4.99 Å². The van der Waals surface area contributed by atoms with E-state index in [9.17, 15) is 0 Å². The number of rotatable bonds is 4. The molecule has 7 nitrogen and oxygen atoms in total. The number of guanidine groups is 1. The first-order chi connectivity index (χ1) is 10.2. The van der Waals surface area contributed by atoms with Crippen molar-refractivity contribution in [1.29, 1.82) is 0 Å². The minimum Gasteiger partial charge on any atom is -0.382 e. The van der Waals surface area contributed by atoms with Crippen LogP contribution in [0.1, 0.15) is 0 Å². The van der Waals surface area contributed by atoms with E-state index in [-0.39, 0.29) is 36.2 Å². The van der Waals surface area contributed by atoms with E-state index in [4.69, 9.17) is 14.2 Å². The highest BCUT2D eigenvalue weighted by Gasteiger charge is 2.24. The third kappa shape index (κ3) is 6.15. The summed E-state index contributed by atoms with van der Waals surface area (Å²) in [6.07, 6.45) is 0.329. The average Bonchev–Trinajstić information content (AvgIpc) is 2.49. The minimum atomic E-state index is 0. The van der Waals surface area contributed by atoms with E-state index in [0.717, 1.165) is 45.3 Å². The molecule has 0 saturated carbocycles. The molecule has 0 amide bonds. The number of hydrogen-bond donors (Lipinski definition) is 1. The zero-order valence-electron chi connectivity index (χ0n) is 13.8. The summed E-state index contributed by atoms with van der Waals surface area (Å²) in [5, 5.41) is 3.42. The Bertz CT molecular complexity index is 344. The van der Waals surface area contributed by atoms with E-state index < -0.39 is 0 Å². The van der Waals surface area contributed by atoms with Crippen LogP contribution in [0, 0.1) is 0 Å². The SMILES string of the molecule is CN=C(NCC1CN(C)CCO1)N1CCOC(COC)C1.I. The normalized spacial score (nSPS) is 27.4. The molecule has 2 saturated heterocycles. The van der Waals surface area contributed by atoms with Crippen LogP contribution >= 0.6 is 24.0 Å². The summed E-state index contributed by atoms with van der Waals surface area (Å²) >= 11 is 0. The third-order valence-corrected chi connectivity index (χ3v) is 3.83. The van der Waals surface area contributed by atoms with Gasteiger partial charge in [-0.15, -0.1) is 24.0 Å². The first-order valence-corrected chi connectivity index (χ1v) is 7.59. The molecule has 2 heterocycles. The molecule has 0 aromatic rings. The first-order valence-electron chi connectivity index (χ1n) is 7.59. The van der Waals surface area contributed by atoms with Crippen molar-refractivity contribution in [1.82, 2.24) is 15.1 Å². The number of methoxy groups -OCH3 is 1. The second kappa shape index (κ2) is 10.6. The Morgan fingerprint density at radius 2 is 1.95 bits per heavy atom. The van der Waals surface area contributed by atoms with Gasteiger partial charge >= 0.3 is 0 Å². The summed E-state index contributed by atoms with van der Waals surface area (Å²) in [5.41, 5.74) is 0. The molecular weight excluding hydrogens is 399 g/mol. The van der Waals surface area contributed by atoms with Gasteiger partial charge < -0.3 is 29.3 Å². The van der Waals surface area contributed by atoms with Crippen LogP contribution in [0.25, 0.3) is 0 Å². The van der Waals surface area contributed by atoms with Gasteiger partial charge in [-0.25, -0.2) is 0 Å². The minimum absolute atomic E-state index is 0. The zero-order chi connectivity index (χ0) is 15.1. The Morgan fingerprint density at radius 1 is 1.23 bits per heavy atom. The third-order valence-electron chi connectivity index (χ3n) is 3.83. The Labute approximate surface area is 150 Å². The largest absolute Gasteiger partial charge is 0.382 e. The van der Waals surface area contributed by atoms with Crippen molar-refractivity contribution in [2.45, 2.75) is 12.2 Å². The van der Waals surface area contributed by atoms with Gasteiger partial charge in [-0.2, -0.15) is 0 Å². The molecule has 0 aliphatic carbocycles. The Hall–Kier alpha value is -0.160. The molecular formula is C14H29IN4O3. The number of nitrogens with one attached hydrogen (secondary N) is 1. The van der Waals surface area contributed by atoms with Gasteiger partial charge in [0.25, 0.3) is 0 Å². The second-order valence-corrected chi connectivity index (χ2v) is 5.58. The van der Waals surface area contributed by atoms with Crippen molar-refractivity contribution in [3.05, 3.63) is 0 Å². The van der Waals surface area contributed by atoms with Gasteiger partial charge in [0.15, 0.2) is 5.96 Å². The smallest absolute Gasteiger partial charge is 0.193 e. The van der Waals surface area contributed by atoms with Gasteiger partial charge in [0.2, 0.25) is 0 Å². The van der Waals surface area contributed by atoms with Crippen molar-refractivity contribution in [3.8, 4) is 0 Å².